The molecule has 1 aromatic heterocycles. The van der Waals surface area contributed by atoms with Crippen LogP contribution >= 0.6 is 11.3 Å². The fourth-order valence-electron chi connectivity index (χ4n) is 2.71. The normalized spacial score (nSPS) is 19.2. The Bertz CT molecular complexity index is 686. The smallest absolute Gasteiger partial charge is 0.221 e. The summed E-state index contributed by atoms with van der Waals surface area (Å²) in [5.41, 5.74) is 1.02. The summed E-state index contributed by atoms with van der Waals surface area (Å²) in [5.74, 6) is 0.977. The first-order valence-electron chi connectivity index (χ1n) is 7.76. The number of hydrogen-bond donors (Lipinski definition) is 1. The van der Waals surface area contributed by atoms with E-state index in [-0.39, 0.29) is 5.91 Å². The molecule has 1 aliphatic heterocycles. The molecule has 23 heavy (non-hydrogen) atoms. The van der Waals surface area contributed by atoms with Gasteiger partial charge in [0.05, 0.1) is 12.7 Å². The van der Waals surface area contributed by atoms with Crippen molar-refractivity contribution in [2.45, 2.75) is 25.9 Å². The van der Waals surface area contributed by atoms with E-state index in [1.807, 2.05) is 30.5 Å². The number of para-hydroxylation sites is 1. The molecule has 1 atom stereocenters. The average Bonchev–Trinajstić information content (AvgIpc) is 2.98. The number of carbonyl (C=O) groups is 1. The summed E-state index contributed by atoms with van der Waals surface area (Å²) >= 11 is 1.68. The van der Waals surface area contributed by atoms with Crippen molar-refractivity contribution in [1.82, 2.24) is 15.2 Å². The maximum Gasteiger partial charge on any atom is 0.221 e. The summed E-state index contributed by atoms with van der Waals surface area (Å²) in [6.45, 7) is 4.46. The number of aromatic nitrogens is 1. The molecule has 1 aromatic carbocycles. The largest absolute Gasteiger partial charge is 0.496 e. The lowest BCUT2D eigenvalue weighted by atomic mass is 10.2. The number of nitrogens with one attached hydrogen (secondary N) is 1. The molecule has 1 aliphatic rings. The van der Waals surface area contributed by atoms with E-state index in [1.165, 1.54) is 4.88 Å². The monoisotopic (exact) mass is 331 g/mol. The van der Waals surface area contributed by atoms with Gasteiger partial charge in [0, 0.05) is 43.2 Å². The highest BCUT2D eigenvalue weighted by molar-refractivity contribution is 7.15. The van der Waals surface area contributed by atoms with Crippen LogP contribution in [0.4, 0.5) is 0 Å². The molecule has 1 unspecified atom stereocenters. The highest BCUT2D eigenvalue weighted by Gasteiger charge is 2.21. The molecule has 0 aliphatic carbocycles. The van der Waals surface area contributed by atoms with Gasteiger partial charge in [0.2, 0.25) is 5.91 Å². The van der Waals surface area contributed by atoms with E-state index in [4.69, 9.17) is 4.74 Å². The number of hydrogen-bond acceptors (Lipinski definition) is 5. The Morgan fingerprint density at radius 2 is 2.26 bits per heavy atom. The summed E-state index contributed by atoms with van der Waals surface area (Å²) in [5, 5.41) is 3.91. The molecule has 2 heterocycles. The van der Waals surface area contributed by atoms with Crippen LogP contribution in [0, 0.1) is 0 Å². The Morgan fingerprint density at radius 3 is 3.09 bits per heavy atom. The number of benzene rings is 1. The molecule has 1 amide bonds. The number of ether oxygens (including phenoxy) is 1. The Kier molecular flexibility index (Phi) is 4.93. The van der Waals surface area contributed by atoms with E-state index in [2.05, 4.69) is 22.1 Å². The molecule has 1 N–H and O–H groups in total. The summed E-state index contributed by atoms with van der Waals surface area (Å²) in [6, 6.07) is 8.26. The molecular formula is C17H21N3O2S. The fourth-order valence-corrected chi connectivity index (χ4v) is 3.67. The lowest BCUT2D eigenvalue weighted by molar-refractivity contribution is -0.120. The first-order valence-corrected chi connectivity index (χ1v) is 8.58. The Hall–Kier alpha value is -1.92. The lowest BCUT2D eigenvalue weighted by Crippen LogP contribution is -2.37. The maximum atomic E-state index is 11.5. The Labute approximate surface area is 140 Å². The van der Waals surface area contributed by atoms with Crippen LogP contribution in [0.3, 0.4) is 0 Å². The fraction of sp³-hybridized carbons (Fsp3) is 0.412. The number of amides is 1. The standard InChI is InChI=1S/C17H21N3O2S/c1-12-9-18-16(21)7-8-20(12)11-13-10-19-17(23-13)14-5-3-4-6-15(14)22-2/h3-6,10,12H,7-9,11H2,1-2H3,(H,18,21). The minimum absolute atomic E-state index is 0.137. The van der Waals surface area contributed by atoms with E-state index in [0.29, 0.717) is 19.0 Å². The summed E-state index contributed by atoms with van der Waals surface area (Å²) < 4.78 is 5.41. The highest BCUT2D eigenvalue weighted by Crippen LogP contribution is 2.33. The topological polar surface area (TPSA) is 54.5 Å². The van der Waals surface area contributed by atoms with E-state index < -0.39 is 0 Å². The summed E-state index contributed by atoms with van der Waals surface area (Å²) in [4.78, 5) is 19.6. The molecule has 1 fully saturated rings. The quantitative estimate of drug-likeness (QED) is 0.935. The van der Waals surface area contributed by atoms with Crippen molar-refractivity contribution < 1.29 is 9.53 Å². The predicted molar refractivity (Wildman–Crippen MR) is 91.6 cm³/mol. The number of thiazole rings is 1. The van der Waals surface area contributed by atoms with Crippen molar-refractivity contribution in [3.8, 4) is 16.3 Å². The van der Waals surface area contributed by atoms with E-state index >= 15 is 0 Å². The third-order valence-electron chi connectivity index (χ3n) is 4.09. The van der Waals surface area contributed by atoms with E-state index in [1.54, 1.807) is 18.4 Å². The van der Waals surface area contributed by atoms with Crippen molar-refractivity contribution >= 4 is 17.2 Å². The first kappa shape index (κ1) is 16.0. The Balaban J connectivity index is 1.75. The molecular weight excluding hydrogens is 310 g/mol. The van der Waals surface area contributed by atoms with Gasteiger partial charge < -0.3 is 10.1 Å². The van der Waals surface area contributed by atoms with Gasteiger partial charge in [0.25, 0.3) is 0 Å². The molecule has 6 heteroatoms. The van der Waals surface area contributed by atoms with Crippen LogP contribution in [0.25, 0.3) is 10.6 Å². The van der Waals surface area contributed by atoms with Crippen LogP contribution in [-0.4, -0.2) is 42.0 Å². The van der Waals surface area contributed by atoms with Gasteiger partial charge in [-0.05, 0) is 19.1 Å². The second-order valence-corrected chi connectivity index (χ2v) is 6.82. The van der Waals surface area contributed by atoms with Gasteiger partial charge in [0.15, 0.2) is 0 Å². The molecule has 2 aromatic rings. The van der Waals surface area contributed by atoms with Crippen molar-refractivity contribution in [3.63, 3.8) is 0 Å². The lowest BCUT2D eigenvalue weighted by Gasteiger charge is -2.25. The second-order valence-electron chi connectivity index (χ2n) is 5.71. The Morgan fingerprint density at radius 1 is 1.43 bits per heavy atom. The molecule has 1 saturated heterocycles. The van der Waals surface area contributed by atoms with E-state index in [9.17, 15) is 4.79 Å². The van der Waals surface area contributed by atoms with E-state index in [0.717, 1.165) is 29.4 Å². The summed E-state index contributed by atoms with van der Waals surface area (Å²) in [6.07, 6.45) is 2.49. The maximum absolute atomic E-state index is 11.5. The molecule has 0 bridgehead atoms. The molecule has 0 spiro atoms. The average molecular weight is 331 g/mol. The number of methoxy groups -OCH3 is 1. The number of carbonyl (C=O) groups excluding carboxylic acids is 1. The minimum atomic E-state index is 0.137. The zero-order valence-corrected chi connectivity index (χ0v) is 14.2. The van der Waals surface area contributed by atoms with Gasteiger partial charge in [-0.2, -0.15) is 0 Å². The third kappa shape index (κ3) is 3.71. The summed E-state index contributed by atoms with van der Waals surface area (Å²) in [7, 11) is 1.68. The van der Waals surface area contributed by atoms with Crippen molar-refractivity contribution in [1.29, 1.82) is 0 Å². The van der Waals surface area contributed by atoms with Crippen LogP contribution in [-0.2, 0) is 11.3 Å². The van der Waals surface area contributed by atoms with Gasteiger partial charge in [-0.15, -0.1) is 11.3 Å². The number of rotatable bonds is 4. The van der Waals surface area contributed by atoms with Crippen LogP contribution in [0.5, 0.6) is 5.75 Å². The first-order chi connectivity index (χ1) is 11.2. The molecule has 3 rings (SSSR count). The molecule has 5 nitrogen and oxygen atoms in total. The van der Waals surface area contributed by atoms with Gasteiger partial charge in [-0.25, -0.2) is 4.98 Å². The van der Waals surface area contributed by atoms with Crippen molar-refractivity contribution in [2.24, 2.45) is 0 Å². The molecule has 0 radical (unpaired) electrons. The van der Waals surface area contributed by atoms with Crippen LogP contribution in [0.1, 0.15) is 18.2 Å². The van der Waals surface area contributed by atoms with Crippen molar-refractivity contribution in [3.05, 3.63) is 35.3 Å². The van der Waals surface area contributed by atoms with Crippen LogP contribution in [0.15, 0.2) is 30.5 Å². The van der Waals surface area contributed by atoms with Gasteiger partial charge in [-0.1, -0.05) is 12.1 Å². The second kappa shape index (κ2) is 7.10. The van der Waals surface area contributed by atoms with Gasteiger partial charge in [-0.3, -0.25) is 9.69 Å². The predicted octanol–water partition coefficient (Wildman–Crippen LogP) is 2.53. The van der Waals surface area contributed by atoms with Crippen molar-refractivity contribution in [2.75, 3.05) is 20.2 Å². The third-order valence-corrected chi connectivity index (χ3v) is 5.11. The minimum Gasteiger partial charge on any atom is -0.496 e. The molecule has 0 saturated carbocycles. The van der Waals surface area contributed by atoms with Crippen LogP contribution in [0.2, 0.25) is 0 Å². The van der Waals surface area contributed by atoms with Crippen LogP contribution < -0.4 is 10.1 Å². The zero-order chi connectivity index (χ0) is 16.2. The van der Waals surface area contributed by atoms with Gasteiger partial charge in [0.1, 0.15) is 10.8 Å². The number of nitrogens with zero attached hydrogens (tertiary/aromatic N) is 2. The zero-order valence-electron chi connectivity index (χ0n) is 13.4. The molecule has 122 valence electrons. The SMILES string of the molecule is COc1ccccc1-c1ncc(CN2CCC(=O)NCC2C)s1. The highest BCUT2D eigenvalue weighted by atomic mass is 32.1. The van der Waals surface area contributed by atoms with Gasteiger partial charge >= 0.3 is 0 Å².